The van der Waals surface area contributed by atoms with E-state index >= 15 is 0 Å². The fourth-order valence-electron chi connectivity index (χ4n) is 3.17. The van der Waals surface area contributed by atoms with Crippen LogP contribution in [0.4, 0.5) is 4.79 Å². The largest absolute Gasteiger partial charge is 0.327 e. The summed E-state index contributed by atoms with van der Waals surface area (Å²) in [6.07, 6.45) is 1.75. The van der Waals surface area contributed by atoms with E-state index in [9.17, 15) is 9.59 Å². The van der Waals surface area contributed by atoms with Crippen LogP contribution in [0.25, 0.3) is 0 Å². The molecule has 3 rings (SSSR count). The molecule has 0 saturated carbocycles. The number of piperidine rings is 1. The van der Waals surface area contributed by atoms with E-state index in [2.05, 4.69) is 29.2 Å². The number of imide groups is 1. The summed E-state index contributed by atoms with van der Waals surface area (Å²) < 4.78 is 0. The van der Waals surface area contributed by atoms with Gasteiger partial charge in [-0.2, -0.15) is 0 Å². The van der Waals surface area contributed by atoms with E-state index in [0.717, 1.165) is 32.5 Å². The molecule has 2 saturated heterocycles. The topological polar surface area (TPSA) is 43.9 Å². The number of likely N-dealkylation sites (tertiary alicyclic amines) is 1. The highest BCUT2D eigenvalue weighted by Crippen LogP contribution is 2.22. The second kappa shape index (κ2) is 5.85. The van der Waals surface area contributed by atoms with Crippen LogP contribution in [0.5, 0.6) is 0 Å². The number of likely N-dealkylation sites (N-methyl/N-ethyl adjacent to an activating group) is 1. The molecular formula is C16H21N3O2. The third kappa shape index (κ3) is 2.93. The monoisotopic (exact) mass is 287 g/mol. The molecule has 2 heterocycles. The van der Waals surface area contributed by atoms with Crippen molar-refractivity contribution in [1.29, 1.82) is 0 Å². The Bertz CT molecular complexity index is 524. The zero-order valence-electron chi connectivity index (χ0n) is 12.4. The molecule has 21 heavy (non-hydrogen) atoms. The summed E-state index contributed by atoms with van der Waals surface area (Å²) >= 11 is 0. The molecule has 0 radical (unpaired) electrons. The van der Waals surface area contributed by atoms with E-state index in [0.29, 0.717) is 0 Å². The van der Waals surface area contributed by atoms with E-state index in [1.165, 1.54) is 15.4 Å². The number of carbonyl (C=O) groups is 2. The number of carbonyl (C=O) groups excluding carboxylic acids is 2. The molecule has 3 amide bonds. The SMILES string of the molecule is CN1CC(=O)N(C2CCN(Cc3ccccc3)CC2)C1=O. The Morgan fingerprint density at radius 2 is 1.76 bits per heavy atom. The average molecular weight is 287 g/mol. The number of rotatable bonds is 3. The van der Waals surface area contributed by atoms with E-state index in [1.54, 1.807) is 7.05 Å². The Morgan fingerprint density at radius 3 is 2.33 bits per heavy atom. The van der Waals surface area contributed by atoms with E-state index in [1.807, 2.05) is 6.07 Å². The highest BCUT2D eigenvalue weighted by atomic mass is 16.2. The normalized spacial score (nSPS) is 21.4. The van der Waals surface area contributed by atoms with Crippen molar-refractivity contribution in [3.63, 3.8) is 0 Å². The Labute approximate surface area is 125 Å². The quantitative estimate of drug-likeness (QED) is 0.792. The van der Waals surface area contributed by atoms with Crippen molar-refractivity contribution in [2.75, 3.05) is 26.7 Å². The molecule has 2 aliphatic rings. The highest BCUT2D eigenvalue weighted by Gasteiger charge is 2.39. The molecule has 1 aromatic carbocycles. The van der Waals surface area contributed by atoms with Crippen molar-refractivity contribution in [2.24, 2.45) is 0 Å². The van der Waals surface area contributed by atoms with Gasteiger partial charge in [0.1, 0.15) is 6.54 Å². The molecular weight excluding hydrogens is 266 g/mol. The molecule has 0 aromatic heterocycles. The van der Waals surface area contributed by atoms with Gasteiger partial charge in [-0.15, -0.1) is 0 Å². The molecule has 2 fully saturated rings. The van der Waals surface area contributed by atoms with Gasteiger partial charge in [-0.3, -0.25) is 14.6 Å². The van der Waals surface area contributed by atoms with Crippen LogP contribution in [0.3, 0.4) is 0 Å². The van der Waals surface area contributed by atoms with Gasteiger partial charge in [0.15, 0.2) is 0 Å². The number of nitrogens with zero attached hydrogens (tertiary/aromatic N) is 3. The third-order valence-corrected chi connectivity index (χ3v) is 4.35. The van der Waals surface area contributed by atoms with Crippen LogP contribution in [0.2, 0.25) is 0 Å². The maximum Gasteiger partial charge on any atom is 0.327 e. The summed E-state index contributed by atoms with van der Waals surface area (Å²) in [5, 5.41) is 0. The lowest BCUT2D eigenvalue weighted by Crippen LogP contribution is -2.47. The van der Waals surface area contributed by atoms with Crippen molar-refractivity contribution in [3.05, 3.63) is 35.9 Å². The molecule has 0 spiro atoms. The van der Waals surface area contributed by atoms with Gasteiger partial charge in [0.05, 0.1) is 0 Å². The van der Waals surface area contributed by atoms with Gasteiger partial charge in [0.25, 0.3) is 5.91 Å². The minimum atomic E-state index is -0.137. The minimum absolute atomic E-state index is 0.0518. The second-order valence-corrected chi connectivity index (χ2v) is 5.90. The summed E-state index contributed by atoms with van der Waals surface area (Å²) in [5.41, 5.74) is 1.31. The van der Waals surface area contributed by atoms with E-state index < -0.39 is 0 Å². The van der Waals surface area contributed by atoms with Crippen LogP contribution in [0.1, 0.15) is 18.4 Å². The van der Waals surface area contributed by atoms with Crippen molar-refractivity contribution >= 4 is 11.9 Å². The predicted octanol–water partition coefficient (Wildman–Crippen LogP) is 1.54. The van der Waals surface area contributed by atoms with Crippen molar-refractivity contribution in [1.82, 2.24) is 14.7 Å². The van der Waals surface area contributed by atoms with Crippen LogP contribution < -0.4 is 0 Å². The molecule has 0 N–H and O–H groups in total. The van der Waals surface area contributed by atoms with Gasteiger partial charge in [-0.1, -0.05) is 30.3 Å². The summed E-state index contributed by atoms with van der Waals surface area (Å²) in [6, 6.07) is 10.3. The summed E-state index contributed by atoms with van der Waals surface area (Å²) in [7, 11) is 1.69. The lowest BCUT2D eigenvalue weighted by molar-refractivity contribution is -0.127. The summed E-state index contributed by atoms with van der Waals surface area (Å²) in [5.74, 6) is -0.0518. The molecule has 5 heteroatoms. The van der Waals surface area contributed by atoms with Crippen molar-refractivity contribution in [3.8, 4) is 0 Å². The summed E-state index contributed by atoms with van der Waals surface area (Å²) in [6.45, 7) is 3.03. The van der Waals surface area contributed by atoms with Crippen LogP contribution in [0, 0.1) is 0 Å². The highest BCUT2D eigenvalue weighted by molar-refractivity contribution is 6.02. The minimum Gasteiger partial charge on any atom is -0.318 e. The van der Waals surface area contributed by atoms with Crippen molar-refractivity contribution in [2.45, 2.75) is 25.4 Å². The van der Waals surface area contributed by atoms with Gasteiger partial charge in [-0.05, 0) is 18.4 Å². The molecule has 0 aliphatic carbocycles. The van der Waals surface area contributed by atoms with Gasteiger partial charge in [0, 0.05) is 32.7 Å². The molecule has 0 bridgehead atoms. The Balaban J connectivity index is 1.56. The van der Waals surface area contributed by atoms with Gasteiger partial charge < -0.3 is 4.90 Å². The lowest BCUT2D eigenvalue weighted by atomic mass is 10.0. The second-order valence-electron chi connectivity index (χ2n) is 5.90. The Kier molecular flexibility index (Phi) is 3.92. The predicted molar refractivity (Wildman–Crippen MR) is 79.6 cm³/mol. The lowest BCUT2D eigenvalue weighted by Gasteiger charge is -2.35. The van der Waals surface area contributed by atoms with E-state index in [4.69, 9.17) is 0 Å². The average Bonchev–Trinajstić information content (AvgIpc) is 2.74. The fraction of sp³-hybridized carbons (Fsp3) is 0.500. The zero-order valence-corrected chi connectivity index (χ0v) is 12.4. The molecule has 112 valence electrons. The number of hydrogen-bond acceptors (Lipinski definition) is 3. The zero-order chi connectivity index (χ0) is 14.8. The first-order valence-electron chi connectivity index (χ1n) is 7.48. The molecule has 0 atom stereocenters. The first-order valence-corrected chi connectivity index (χ1v) is 7.48. The van der Waals surface area contributed by atoms with Gasteiger partial charge in [-0.25, -0.2) is 4.79 Å². The summed E-state index contributed by atoms with van der Waals surface area (Å²) in [4.78, 5) is 29.3. The molecule has 1 aromatic rings. The molecule has 2 aliphatic heterocycles. The molecule has 5 nitrogen and oxygen atoms in total. The number of benzene rings is 1. The maximum atomic E-state index is 12.0. The van der Waals surface area contributed by atoms with Crippen molar-refractivity contribution < 1.29 is 9.59 Å². The fourth-order valence-corrected chi connectivity index (χ4v) is 3.17. The van der Waals surface area contributed by atoms with Crippen LogP contribution >= 0.6 is 0 Å². The maximum absolute atomic E-state index is 12.0. The third-order valence-electron chi connectivity index (χ3n) is 4.35. The first kappa shape index (κ1) is 14.1. The van der Waals surface area contributed by atoms with Gasteiger partial charge in [0.2, 0.25) is 0 Å². The smallest absolute Gasteiger partial charge is 0.318 e. The van der Waals surface area contributed by atoms with Crippen LogP contribution in [-0.2, 0) is 11.3 Å². The van der Waals surface area contributed by atoms with E-state index in [-0.39, 0.29) is 24.5 Å². The number of amides is 3. The first-order chi connectivity index (χ1) is 10.1. The van der Waals surface area contributed by atoms with Crippen LogP contribution in [0.15, 0.2) is 30.3 Å². The number of urea groups is 1. The molecule has 0 unspecified atom stereocenters. The van der Waals surface area contributed by atoms with Gasteiger partial charge >= 0.3 is 6.03 Å². The Hall–Kier alpha value is -1.88. The van der Waals surface area contributed by atoms with Crippen LogP contribution in [-0.4, -0.2) is 59.4 Å². The standard InChI is InChI=1S/C16H21N3O2/c1-17-12-15(20)19(16(17)21)14-7-9-18(10-8-14)11-13-5-3-2-4-6-13/h2-6,14H,7-12H2,1H3. The Morgan fingerprint density at radius 1 is 1.10 bits per heavy atom. The number of hydrogen-bond donors (Lipinski definition) is 0.